The van der Waals surface area contributed by atoms with Crippen molar-refractivity contribution in [1.82, 2.24) is 0 Å². The van der Waals surface area contributed by atoms with Crippen LogP contribution in [0.4, 0.5) is 0 Å². The van der Waals surface area contributed by atoms with E-state index < -0.39 is 0 Å². The van der Waals surface area contributed by atoms with Crippen LogP contribution in [0.2, 0.25) is 0 Å². The van der Waals surface area contributed by atoms with Crippen LogP contribution in [0, 0.1) is 10.5 Å². The largest absolute Gasteiger partial charge is 0.324 e. The maximum absolute atomic E-state index is 5.95. The fourth-order valence-corrected chi connectivity index (χ4v) is 1.55. The SMILES string of the molecule is C=CC[C@H](N)c1ccc(I)c(C)c1. The van der Waals surface area contributed by atoms with Crippen molar-refractivity contribution in [3.8, 4) is 0 Å². The Morgan fingerprint density at radius 3 is 2.85 bits per heavy atom. The standard InChI is InChI=1S/C11H14IN/c1-3-4-11(13)9-5-6-10(12)8(2)7-9/h3,5-7,11H,1,4,13H2,2H3/t11-/m0/s1. The van der Waals surface area contributed by atoms with Crippen molar-refractivity contribution >= 4 is 22.6 Å². The summed E-state index contributed by atoms with van der Waals surface area (Å²) in [5.41, 5.74) is 8.43. The number of nitrogens with two attached hydrogens (primary N) is 1. The topological polar surface area (TPSA) is 26.0 Å². The van der Waals surface area contributed by atoms with Gasteiger partial charge < -0.3 is 5.73 Å². The van der Waals surface area contributed by atoms with Crippen LogP contribution in [0.5, 0.6) is 0 Å². The molecule has 0 radical (unpaired) electrons. The zero-order chi connectivity index (χ0) is 9.84. The van der Waals surface area contributed by atoms with Crippen molar-refractivity contribution in [1.29, 1.82) is 0 Å². The molecule has 0 heterocycles. The first-order valence-corrected chi connectivity index (χ1v) is 5.35. The van der Waals surface area contributed by atoms with E-state index in [4.69, 9.17) is 5.73 Å². The zero-order valence-electron chi connectivity index (χ0n) is 7.76. The molecular formula is C11H14IN. The molecule has 0 unspecified atom stereocenters. The lowest BCUT2D eigenvalue weighted by molar-refractivity contribution is 0.740. The van der Waals surface area contributed by atoms with E-state index in [2.05, 4.69) is 54.3 Å². The lowest BCUT2D eigenvalue weighted by atomic mass is 10.0. The Bertz CT molecular complexity index is 307. The monoisotopic (exact) mass is 287 g/mol. The number of benzene rings is 1. The molecule has 2 heteroatoms. The predicted octanol–water partition coefficient (Wildman–Crippen LogP) is 3.18. The minimum Gasteiger partial charge on any atom is -0.324 e. The minimum atomic E-state index is 0.0909. The average Bonchev–Trinajstić information content (AvgIpc) is 2.10. The van der Waals surface area contributed by atoms with Gasteiger partial charge in [-0.3, -0.25) is 0 Å². The Morgan fingerprint density at radius 1 is 1.62 bits per heavy atom. The minimum absolute atomic E-state index is 0.0909. The van der Waals surface area contributed by atoms with Crippen LogP contribution in [-0.4, -0.2) is 0 Å². The first kappa shape index (κ1) is 10.7. The molecule has 0 aromatic heterocycles. The highest BCUT2D eigenvalue weighted by atomic mass is 127. The molecule has 2 N–H and O–H groups in total. The van der Waals surface area contributed by atoms with Crippen LogP contribution >= 0.6 is 22.6 Å². The molecule has 1 aromatic rings. The third-order valence-corrected chi connectivity index (χ3v) is 3.24. The molecule has 13 heavy (non-hydrogen) atoms. The van der Waals surface area contributed by atoms with Gasteiger partial charge in [0.15, 0.2) is 0 Å². The van der Waals surface area contributed by atoms with Gasteiger partial charge in [0.25, 0.3) is 0 Å². The summed E-state index contributed by atoms with van der Waals surface area (Å²) in [6.45, 7) is 5.79. The van der Waals surface area contributed by atoms with E-state index in [1.807, 2.05) is 6.08 Å². The summed E-state index contributed by atoms with van der Waals surface area (Å²) in [4.78, 5) is 0. The van der Waals surface area contributed by atoms with Crippen molar-refractivity contribution in [2.24, 2.45) is 5.73 Å². The van der Waals surface area contributed by atoms with Crippen LogP contribution in [0.15, 0.2) is 30.9 Å². The summed E-state index contributed by atoms with van der Waals surface area (Å²) in [6, 6.07) is 6.43. The molecule has 0 amide bonds. The van der Waals surface area contributed by atoms with E-state index in [-0.39, 0.29) is 6.04 Å². The molecule has 0 aliphatic rings. The van der Waals surface area contributed by atoms with Gasteiger partial charge in [-0.05, 0) is 53.1 Å². The molecule has 0 saturated heterocycles. The van der Waals surface area contributed by atoms with Gasteiger partial charge in [-0.15, -0.1) is 6.58 Å². The second-order valence-corrected chi connectivity index (χ2v) is 4.30. The third-order valence-electron chi connectivity index (χ3n) is 2.03. The van der Waals surface area contributed by atoms with Gasteiger partial charge in [-0.1, -0.05) is 18.2 Å². The van der Waals surface area contributed by atoms with Gasteiger partial charge in [0.1, 0.15) is 0 Å². The number of hydrogen-bond acceptors (Lipinski definition) is 1. The van der Waals surface area contributed by atoms with Gasteiger partial charge in [0.2, 0.25) is 0 Å². The van der Waals surface area contributed by atoms with Gasteiger partial charge >= 0.3 is 0 Å². The van der Waals surface area contributed by atoms with Crippen molar-refractivity contribution in [2.75, 3.05) is 0 Å². The molecule has 1 nitrogen and oxygen atoms in total. The molecule has 1 aromatic carbocycles. The fourth-order valence-electron chi connectivity index (χ4n) is 1.21. The van der Waals surface area contributed by atoms with Crippen molar-refractivity contribution in [3.05, 3.63) is 45.6 Å². The van der Waals surface area contributed by atoms with E-state index in [0.717, 1.165) is 6.42 Å². The molecule has 0 aliphatic carbocycles. The van der Waals surface area contributed by atoms with E-state index >= 15 is 0 Å². The molecule has 70 valence electrons. The summed E-state index contributed by atoms with van der Waals surface area (Å²) in [5, 5.41) is 0. The molecule has 1 rings (SSSR count). The second kappa shape index (κ2) is 4.77. The first-order valence-electron chi connectivity index (χ1n) is 4.27. The molecular weight excluding hydrogens is 273 g/mol. The van der Waals surface area contributed by atoms with E-state index in [9.17, 15) is 0 Å². The number of hydrogen-bond donors (Lipinski definition) is 1. The van der Waals surface area contributed by atoms with Gasteiger partial charge in [0.05, 0.1) is 0 Å². The Kier molecular flexibility index (Phi) is 3.93. The molecule has 1 atom stereocenters. The van der Waals surface area contributed by atoms with Crippen LogP contribution in [-0.2, 0) is 0 Å². The quantitative estimate of drug-likeness (QED) is 0.670. The maximum atomic E-state index is 5.95. The van der Waals surface area contributed by atoms with E-state index in [0.29, 0.717) is 0 Å². The summed E-state index contributed by atoms with van der Waals surface area (Å²) in [7, 11) is 0. The highest BCUT2D eigenvalue weighted by Crippen LogP contribution is 2.19. The Morgan fingerprint density at radius 2 is 2.31 bits per heavy atom. The summed E-state index contributed by atoms with van der Waals surface area (Å²) in [5.74, 6) is 0. The summed E-state index contributed by atoms with van der Waals surface area (Å²) >= 11 is 2.32. The van der Waals surface area contributed by atoms with Gasteiger partial charge in [0, 0.05) is 9.61 Å². The number of aryl methyl sites for hydroxylation is 1. The van der Waals surface area contributed by atoms with Crippen LogP contribution in [0.3, 0.4) is 0 Å². The average molecular weight is 287 g/mol. The Labute approximate surface area is 93.2 Å². The Hall–Kier alpha value is -0.350. The zero-order valence-corrected chi connectivity index (χ0v) is 9.91. The van der Waals surface area contributed by atoms with E-state index in [1.165, 1.54) is 14.7 Å². The van der Waals surface area contributed by atoms with Crippen LogP contribution < -0.4 is 5.73 Å². The van der Waals surface area contributed by atoms with Crippen molar-refractivity contribution in [3.63, 3.8) is 0 Å². The highest BCUT2D eigenvalue weighted by molar-refractivity contribution is 14.1. The number of halogens is 1. The lowest BCUT2D eigenvalue weighted by Crippen LogP contribution is -2.09. The molecule has 0 fully saturated rings. The Balaban J connectivity index is 2.89. The van der Waals surface area contributed by atoms with Gasteiger partial charge in [-0.2, -0.15) is 0 Å². The van der Waals surface area contributed by atoms with Crippen LogP contribution in [0.25, 0.3) is 0 Å². The molecule has 0 saturated carbocycles. The lowest BCUT2D eigenvalue weighted by Gasteiger charge is -2.10. The summed E-state index contributed by atoms with van der Waals surface area (Å²) < 4.78 is 1.28. The first-order chi connectivity index (χ1) is 6.15. The maximum Gasteiger partial charge on any atom is 0.0329 e. The van der Waals surface area contributed by atoms with Gasteiger partial charge in [-0.25, -0.2) is 0 Å². The second-order valence-electron chi connectivity index (χ2n) is 3.14. The predicted molar refractivity (Wildman–Crippen MR) is 65.6 cm³/mol. The fraction of sp³-hybridized carbons (Fsp3) is 0.273. The molecule has 0 aliphatic heterocycles. The summed E-state index contributed by atoms with van der Waals surface area (Å²) in [6.07, 6.45) is 2.69. The number of rotatable bonds is 3. The van der Waals surface area contributed by atoms with E-state index in [1.54, 1.807) is 0 Å². The third kappa shape index (κ3) is 2.81. The normalized spacial score (nSPS) is 12.5. The molecule has 0 spiro atoms. The van der Waals surface area contributed by atoms with Crippen LogP contribution in [0.1, 0.15) is 23.6 Å². The van der Waals surface area contributed by atoms with Crippen molar-refractivity contribution in [2.45, 2.75) is 19.4 Å². The molecule has 0 bridgehead atoms. The smallest absolute Gasteiger partial charge is 0.0329 e. The highest BCUT2D eigenvalue weighted by Gasteiger charge is 2.04. The van der Waals surface area contributed by atoms with Crippen molar-refractivity contribution < 1.29 is 0 Å².